The number of nitriles is 1. The van der Waals surface area contributed by atoms with Gasteiger partial charge in [0.05, 0.1) is 17.3 Å². The van der Waals surface area contributed by atoms with Gasteiger partial charge < -0.3 is 4.74 Å². The largest absolute Gasteiger partial charge is 0.462 e. The predicted octanol–water partition coefficient (Wildman–Crippen LogP) is 5.54. The summed E-state index contributed by atoms with van der Waals surface area (Å²) in [6.45, 7) is 3.06. The first kappa shape index (κ1) is 22.4. The molecule has 0 bridgehead atoms. The third-order valence-corrected chi connectivity index (χ3v) is 6.72. The molecule has 2 heterocycles. The minimum absolute atomic E-state index is 0.523. The highest BCUT2D eigenvalue weighted by molar-refractivity contribution is 5.84. The van der Waals surface area contributed by atoms with Crippen LogP contribution < -0.4 is 0 Å². The van der Waals surface area contributed by atoms with E-state index in [1.807, 2.05) is 12.1 Å². The number of fused-ring (bicyclic) bond motifs is 1. The number of ether oxygens (including phenoxy) is 1. The summed E-state index contributed by atoms with van der Waals surface area (Å²) in [5, 5.41) is 12.9. The number of hydrogen-bond donors (Lipinski definition) is 0. The quantitative estimate of drug-likeness (QED) is 0.264. The van der Waals surface area contributed by atoms with Gasteiger partial charge in [-0.05, 0) is 36.6 Å². The molecule has 1 aliphatic heterocycles. The average molecular weight is 449 g/mol. The topological polar surface area (TPSA) is 112 Å². The molecule has 0 N–H and O–H groups in total. The number of aromatic nitrogens is 1. The van der Waals surface area contributed by atoms with Gasteiger partial charge in [0.25, 0.3) is 5.92 Å². The number of rotatable bonds is 4. The molecule has 2 aliphatic rings. The number of hydrogen-bond acceptors (Lipinski definition) is 5. The van der Waals surface area contributed by atoms with E-state index in [4.69, 9.17) is 10.3 Å². The van der Waals surface area contributed by atoms with E-state index in [0.29, 0.717) is 11.3 Å². The monoisotopic (exact) mass is 449 g/mol. The summed E-state index contributed by atoms with van der Waals surface area (Å²) in [6, 6.07) is 12.8. The molecular formula is C24H21F2N5O2. The van der Waals surface area contributed by atoms with Crippen LogP contribution in [0.3, 0.4) is 0 Å². The molecule has 4 rings (SSSR count). The molecule has 0 unspecified atom stereocenters. The normalized spacial score (nSPS) is 30.2. The van der Waals surface area contributed by atoms with Gasteiger partial charge in [-0.1, -0.05) is 42.4 Å². The second kappa shape index (κ2) is 8.30. The van der Waals surface area contributed by atoms with E-state index in [1.165, 1.54) is 6.92 Å². The lowest BCUT2D eigenvalue weighted by atomic mass is 9.61. The molecule has 0 spiro atoms. The van der Waals surface area contributed by atoms with Crippen LogP contribution in [-0.2, 0) is 9.53 Å². The predicted molar refractivity (Wildman–Crippen MR) is 117 cm³/mol. The summed E-state index contributed by atoms with van der Waals surface area (Å²) < 4.78 is 35.1. The maximum Gasteiger partial charge on any atom is 0.319 e. The molecule has 2 aromatic rings. The van der Waals surface area contributed by atoms with Crippen molar-refractivity contribution in [2.75, 3.05) is 0 Å². The van der Waals surface area contributed by atoms with Crippen LogP contribution in [0.5, 0.6) is 0 Å². The second-order valence-corrected chi connectivity index (χ2v) is 8.54. The van der Waals surface area contributed by atoms with E-state index in [-0.39, 0.29) is 0 Å². The molecule has 1 aromatic carbocycles. The van der Waals surface area contributed by atoms with Crippen LogP contribution in [0.1, 0.15) is 31.5 Å². The first-order chi connectivity index (χ1) is 15.7. The average Bonchev–Trinajstić information content (AvgIpc) is 3.03. The molecule has 7 nitrogen and oxygen atoms in total. The van der Waals surface area contributed by atoms with Crippen molar-refractivity contribution >= 4 is 12.0 Å². The Morgan fingerprint density at radius 3 is 2.73 bits per heavy atom. The van der Waals surface area contributed by atoms with Crippen molar-refractivity contribution in [2.24, 2.45) is 22.9 Å². The molecular weight excluding hydrogens is 428 g/mol. The van der Waals surface area contributed by atoms with Crippen molar-refractivity contribution in [3.63, 3.8) is 0 Å². The Kier molecular flexibility index (Phi) is 5.64. The SMILES string of the molecule is C[C@H]1OC(=O)[C@]2(N=[N+]=[N-])CC(F)(F)[C@@H](C)[C@H](/C=C/c3ccc(-c4ccccc4C#N)cn3)[C@H]12. The maximum atomic E-state index is 14.9. The lowest BCUT2D eigenvalue weighted by Gasteiger charge is -2.45. The van der Waals surface area contributed by atoms with Gasteiger partial charge in [-0.3, -0.25) is 9.78 Å². The van der Waals surface area contributed by atoms with Gasteiger partial charge in [0, 0.05) is 40.5 Å². The Morgan fingerprint density at radius 1 is 1.30 bits per heavy atom. The number of carbonyl (C=O) groups is 1. The van der Waals surface area contributed by atoms with Crippen molar-refractivity contribution < 1.29 is 18.3 Å². The summed E-state index contributed by atoms with van der Waals surface area (Å²) in [6.07, 6.45) is 3.31. The maximum absolute atomic E-state index is 14.9. The smallest absolute Gasteiger partial charge is 0.319 e. The summed E-state index contributed by atoms with van der Waals surface area (Å²) in [5.74, 6) is -6.71. The third-order valence-electron chi connectivity index (χ3n) is 6.72. The lowest BCUT2D eigenvalue weighted by molar-refractivity contribution is -0.155. The zero-order valence-corrected chi connectivity index (χ0v) is 18.0. The Labute approximate surface area is 189 Å². The fourth-order valence-corrected chi connectivity index (χ4v) is 5.02. The number of pyridine rings is 1. The van der Waals surface area contributed by atoms with Crippen molar-refractivity contribution in [3.8, 4) is 17.2 Å². The zero-order valence-electron chi connectivity index (χ0n) is 18.0. The summed E-state index contributed by atoms with van der Waals surface area (Å²) >= 11 is 0. The number of benzene rings is 1. The fraction of sp³-hybridized carbons (Fsp3) is 0.375. The van der Waals surface area contributed by atoms with Gasteiger partial charge >= 0.3 is 5.97 Å². The van der Waals surface area contributed by atoms with Gasteiger partial charge in [-0.25, -0.2) is 8.78 Å². The molecule has 33 heavy (non-hydrogen) atoms. The minimum Gasteiger partial charge on any atom is -0.462 e. The number of esters is 1. The number of nitrogens with zero attached hydrogens (tertiary/aromatic N) is 5. The number of allylic oxidation sites excluding steroid dienone is 1. The molecule has 1 aliphatic carbocycles. The zero-order chi connectivity index (χ0) is 23.8. The van der Waals surface area contributed by atoms with Crippen molar-refractivity contribution in [1.29, 1.82) is 5.26 Å². The van der Waals surface area contributed by atoms with Crippen molar-refractivity contribution in [2.45, 2.75) is 37.8 Å². The van der Waals surface area contributed by atoms with Gasteiger partial charge in [0.2, 0.25) is 0 Å². The van der Waals surface area contributed by atoms with Crippen LogP contribution in [0.15, 0.2) is 53.8 Å². The minimum atomic E-state index is -3.22. The van der Waals surface area contributed by atoms with Crippen LogP contribution in [0.4, 0.5) is 8.78 Å². The van der Waals surface area contributed by atoms with Crippen LogP contribution in [0.2, 0.25) is 0 Å². The van der Waals surface area contributed by atoms with Crippen molar-refractivity contribution in [1.82, 2.24) is 4.98 Å². The van der Waals surface area contributed by atoms with Crippen LogP contribution in [0.25, 0.3) is 27.6 Å². The highest BCUT2D eigenvalue weighted by Gasteiger charge is 2.68. The van der Waals surface area contributed by atoms with E-state index in [9.17, 15) is 18.8 Å². The molecule has 168 valence electrons. The molecule has 1 saturated carbocycles. The van der Waals surface area contributed by atoms with Gasteiger partial charge in [0.15, 0.2) is 5.54 Å². The summed E-state index contributed by atoms with van der Waals surface area (Å²) in [4.78, 5) is 19.6. The first-order valence-electron chi connectivity index (χ1n) is 10.5. The molecule has 1 saturated heterocycles. The molecule has 9 heteroatoms. The molecule has 0 amide bonds. The van der Waals surface area contributed by atoms with Crippen molar-refractivity contribution in [3.05, 3.63) is 70.4 Å². The van der Waals surface area contributed by atoms with E-state index < -0.39 is 47.7 Å². The molecule has 2 fully saturated rings. The lowest BCUT2D eigenvalue weighted by Crippen LogP contribution is -2.56. The number of alkyl halides is 2. The Balaban J connectivity index is 1.67. The Hall–Kier alpha value is -3.76. The number of carbonyl (C=O) groups excluding carboxylic acids is 1. The van der Waals surface area contributed by atoms with E-state index in [2.05, 4.69) is 21.1 Å². The van der Waals surface area contributed by atoms with Crippen LogP contribution >= 0.6 is 0 Å². The number of halogens is 2. The Morgan fingerprint density at radius 2 is 2.06 bits per heavy atom. The molecule has 5 atom stereocenters. The van der Waals surface area contributed by atoms with Crippen LogP contribution in [-0.4, -0.2) is 28.5 Å². The standard InChI is InChI=1S/C24H21F2N5O2/c1-14-19(21-15(2)33-22(32)23(21,30-31-28)13-24(14,25)26)10-9-18-8-7-17(12-29-18)20-6-4-3-5-16(20)11-27/h3-10,12,14-15,19,21H,13H2,1-2H3/b10-9+/t14-,15+,19-,21-,23-/m0/s1. The van der Waals surface area contributed by atoms with Gasteiger partial charge in [0.1, 0.15) is 6.10 Å². The summed E-state index contributed by atoms with van der Waals surface area (Å²) in [7, 11) is 0. The van der Waals surface area contributed by atoms with E-state index >= 15 is 0 Å². The number of cyclic esters (lactones) is 1. The highest BCUT2D eigenvalue weighted by atomic mass is 19.3. The first-order valence-corrected chi connectivity index (χ1v) is 10.5. The molecule has 1 aromatic heterocycles. The summed E-state index contributed by atoms with van der Waals surface area (Å²) in [5.41, 5.74) is 9.63. The second-order valence-electron chi connectivity index (χ2n) is 8.54. The fourth-order valence-electron chi connectivity index (χ4n) is 5.02. The van der Waals surface area contributed by atoms with Crippen LogP contribution in [0, 0.1) is 29.1 Å². The molecule has 0 radical (unpaired) electrons. The third kappa shape index (κ3) is 3.73. The van der Waals surface area contributed by atoms with E-state index in [1.54, 1.807) is 49.5 Å². The van der Waals surface area contributed by atoms with E-state index in [0.717, 1.165) is 11.1 Å². The number of azide groups is 1. The Bertz CT molecular complexity index is 1200. The van der Waals surface area contributed by atoms with Gasteiger partial charge in [-0.15, -0.1) is 0 Å². The highest BCUT2D eigenvalue weighted by Crippen LogP contribution is 2.56. The van der Waals surface area contributed by atoms with Gasteiger partial charge in [-0.2, -0.15) is 5.26 Å².